The maximum Gasteiger partial charge on any atom is 0.241 e. The first kappa shape index (κ1) is 16.9. The third-order valence-corrected chi connectivity index (χ3v) is 5.89. The van der Waals surface area contributed by atoms with Gasteiger partial charge in [-0.1, -0.05) is 0 Å². The molecule has 2 rings (SSSR count). The Labute approximate surface area is 130 Å². The molecule has 22 heavy (non-hydrogen) atoms. The van der Waals surface area contributed by atoms with Crippen LogP contribution in [0.4, 0.5) is 4.39 Å². The summed E-state index contributed by atoms with van der Waals surface area (Å²) in [6.07, 6.45) is 0. The van der Waals surface area contributed by atoms with E-state index >= 15 is 0 Å². The molecule has 1 heterocycles. The van der Waals surface area contributed by atoms with E-state index in [1.165, 1.54) is 19.1 Å². The Morgan fingerprint density at radius 1 is 1.23 bits per heavy atom. The second kappa shape index (κ2) is 6.34. The third kappa shape index (κ3) is 3.47. The zero-order chi connectivity index (χ0) is 16.5. The Morgan fingerprint density at radius 2 is 1.73 bits per heavy atom. The molecule has 1 fully saturated rings. The van der Waals surface area contributed by atoms with E-state index in [9.17, 15) is 17.6 Å². The summed E-state index contributed by atoms with van der Waals surface area (Å²) in [4.78, 5) is 14.1. The molecular formula is C15H21FN2O3S. The summed E-state index contributed by atoms with van der Waals surface area (Å²) in [5.74, 6) is -0.924. The molecule has 0 spiro atoms. The number of hydrogen-bond acceptors (Lipinski definition) is 4. The van der Waals surface area contributed by atoms with Crippen LogP contribution < -0.4 is 5.32 Å². The van der Waals surface area contributed by atoms with Gasteiger partial charge in [-0.3, -0.25) is 4.79 Å². The molecule has 1 amide bonds. The number of amides is 1. The van der Waals surface area contributed by atoms with Gasteiger partial charge in [0.2, 0.25) is 5.91 Å². The van der Waals surface area contributed by atoms with E-state index < -0.39 is 26.8 Å². The zero-order valence-corrected chi connectivity index (χ0v) is 13.7. The van der Waals surface area contributed by atoms with Gasteiger partial charge in [-0.15, -0.1) is 0 Å². The van der Waals surface area contributed by atoms with Crippen molar-refractivity contribution in [3.63, 3.8) is 0 Å². The lowest BCUT2D eigenvalue weighted by molar-refractivity contribution is -0.132. The summed E-state index contributed by atoms with van der Waals surface area (Å²) < 4.78 is 37.9. The highest BCUT2D eigenvalue weighted by Gasteiger charge is 2.35. The van der Waals surface area contributed by atoms with Crippen LogP contribution in [0.5, 0.6) is 0 Å². The molecule has 1 aromatic rings. The molecule has 0 saturated carbocycles. The lowest BCUT2D eigenvalue weighted by Gasteiger charge is -2.37. The fraction of sp³-hybridized carbons (Fsp3) is 0.533. The van der Waals surface area contributed by atoms with Crippen LogP contribution in [-0.2, 0) is 14.6 Å². The monoisotopic (exact) mass is 328 g/mol. The van der Waals surface area contributed by atoms with Crippen molar-refractivity contribution in [3.05, 3.63) is 30.1 Å². The first-order chi connectivity index (χ1) is 10.2. The number of nitrogens with one attached hydrogen (secondary N) is 1. The number of nitrogens with zero attached hydrogens (tertiary/aromatic N) is 1. The molecule has 1 aliphatic rings. The number of carbonyl (C=O) groups is 1. The van der Waals surface area contributed by atoms with E-state index in [0.717, 1.165) is 12.1 Å². The van der Waals surface area contributed by atoms with Crippen molar-refractivity contribution in [3.8, 4) is 0 Å². The topological polar surface area (TPSA) is 66.5 Å². The van der Waals surface area contributed by atoms with E-state index in [0.29, 0.717) is 13.1 Å². The molecular weight excluding hydrogens is 307 g/mol. The van der Waals surface area contributed by atoms with Crippen LogP contribution in [0.3, 0.4) is 0 Å². The normalized spacial score (nSPS) is 24.1. The van der Waals surface area contributed by atoms with Gasteiger partial charge in [-0.25, -0.2) is 12.8 Å². The van der Waals surface area contributed by atoms with Gasteiger partial charge in [-0.2, -0.15) is 0 Å². The lowest BCUT2D eigenvalue weighted by Crippen LogP contribution is -2.58. The van der Waals surface area contributed by atoms with Gasteiger partial charge in [0.15, 0.2) is 9.84 Å². The van der Waals surface area contributed by atoms with Gasteiger partial charge in [0.25, 0.3) is 0 Å². The molecule has 7 heteroatoms. The standard InChI is InChI=1S/C15H21FN2O3S/c1-10-8-18(9-11(2)17-10)15(19)12(3)22(20,21)14-6-4-13(16)5-7-14/h4-7,10-12,17H,8-9H2,1-3H3/t10-,11+,12-/m0/s1. The van der Waals surface area contributed by atoms with E-state index in [1.54, 1.807) is 4.90 Å². The molecule has 3 atom stereocenters. The SMILES string of the molecule is C[C@@H]1CN(C(=O)[C@H](C)S(=O)(=O)c2ccc(F)cc2)C[C@H](C)N1. The molecule has 0 aromatic heterocycles. The molecule has 0 aliphatic carbocycles. The molecule has 0 bridgehead atoms. The molecule has 0 radical (unpaired) electrons. The van der Waals surface area contributed by atoms with Crippen molar-refractivity contribution < 1.29 is 17.6 Å². The summed E-state index contributed by atoms with van der Waals surface area (Å²) >= 11 is 0. The maximum atomic E-state index is 12.9. The van der Waals surface area contributed by atoms with Gasteiger partial charge < -0.3 is 10.2 Å². The Hall–Kier alpha value is -1.47. The second-order valence-electron chi connectivity index (χ2n) is 5.85. The van der Waals surface area contributed by atoms with Gasteiger partial charge in [0.05, 0.1) is 4.90 Å². The Kier molecular flexibility index (Phi) is 4.87. The number of rotatable bonds is 3. The third-order valence-electron chi connectivity index (χ3n) is 3.82. The Balaban J connectivity index is 2.20. The molecule has 5 nitrogen and oxygen atoms in total. The minimum atomic E-state index is -3.82. The summed E-state index contributed by atoms with van der Waals surface area (Å²) in [5, 5.41) is 2.11. The number of piperazine rings is 1. The van der Waals surface area contributed by atoms with Crippen LogP contribution in [0.2, 0.25) is 0 Å². The molecule has 1 N–H and O–H groups in total. The fourth-order valence-electron chi connectivity index (χ4n) is 2.72. The molecule has 1 aliphatic heterocycles. The lowest BCUT2D eigenvalue weighted by atomic mass is 10.1. The van der Waals surface area contributed by atoms with Crippen LogP contribution in [0, 0.1) is 5.82 Å². The minimum absolute atomic E-state index is 0.0361. The number of halogens is 1. The Morgan fingerprint density at radius 3 is 2.23 bits per heavy atom. The average Bonchev–Trinajstić information content (AvgIpc) is 2.45. The van der Waals surface area contributed by atoms with Gasteiger partial charge in [0.1, 0.15) is 11.1 Å². The second-order valence-corrected chi connectivity index (χ2v) is 8.12. The highest BCUT2D eigenvalue weighted by atomic mass is 32.2. The number of carbonyl (C=O) groups excluding carboxylic acids is 1. The van der Waals surface area contributed by atoms with Gasteiger partial charge in [0, 0.05) is 25.2 Å². The smallest absolute Gasteiger partial charge is 0.241 e. The van der Waals surface area contributed by atoms with E-state index in [1.807, 2.05) is 13.8 Å². The van der Waals surface area contributed by atoms with Crippen molar-refractivity contribution in [2.45, 2.75) is 43.0 Å². The van der Waals surface area contributed by atoms with Crippen LogP contribution in [-0.4, -0.2) is 49.6 Å². The predicted molar refractivity (Wildman–Crippen MR) is 81.7 cm³/mol. The minimum Gasteiger partial charge on any atom is -0.338 e. The van der Waals surface area contributed by atoms with E-state index in [-0.39, 0.29) is 17.0 Å². The first-order valence-corrected chi connectivity index (χ1v) is 8.80. The van der Waals surface area contributed by atoms with Crippen molar-refractivity contribution in [2.24, 2.45) is 0 Å². The largest absolute Gasteiger partial charge is 0.338 e. The van der Waals surface area contributed by atoms with Crippen LogP contribution >= 0.6 is 0 Å². The van der Waals surface area contributed by atoms with Crippen LogP contribution in [0.1, 0.15) is 20.8 Å². The Bertz CT molecular complexity index is 635. The van der Waals surface area contributed by atoms with Crippen LogP contribution in [0.25, 0.3) is 0 Å². The van der Waals surface area contributed by atoms with Crippen molar-refractivity contribution in [2.75, 3.05) is 13.1 Å². The average molecular weight is 328 g/mol. The number of sulfone groups is 1. The number of hydrogen-bond donors (Lipinski definition) is 1. The molecule has 122 valence electrons. The highest BCUT2D eigenvalue weighted by Crippen LogP contribution is 2.19. The summed E-state index contributed by atoms with van der Waals surface area (Å²) in [6, 6.07) is 4.79. The van der Waals surface area contributed by atoms with Gasteiger partial charge >= 0.3 is 0 Å². The quantitative estimate of drug-likeness (QED) is 0.847. The van der Waals surface area contributed by atoms with Crippen molar-refractivity contribution in [1.82, 2.24) is 10.2 Å². The number of benzene rings is 1. The van der Waals surface area contributed by atoms with Crippen molar-refractivity contribution >= 4 is 15.7 Å². The van der Waals surface area contributed by atoms with E-state index in [2.05, 4.69) is 5.32 Å². The van der Waals surface area contributed by atoms with E-state index in [4.69, 9.17) is 0 Å². The summed E-state index contributed by atoms with van der Waals surface area (Å²) in [6.45, 7) is 6.25. The van der Waals surface area contributed by atoms with Crippen LogP contribution in [0.15, 0.2) is 29.2 Å². The highest BCUT2D eigenvalue weighted by molar-refractivity contribution is 7.92. The van der Waals surface area contributed by atoms with Gasteiger partial charge in [-0.05, 0) is 45.0 Å². The summed E-state index contributed by atoms with van der Waals surface area (Å²) in [7, 11) is -3.82. The summed E-state index contributed by atoms with van der Waals surface area (Å²) in [5.41, 5.74) is 0. The predicted octanol–water partition coefficient (Wildman–Crippen LogP) is 1.20. The maximum absolute atomic E-state index is 12.9. The fourth-order valence-corrected chi connectivity index (χ4v) is 4.06. The first-order valence-electron chi connectivity index (χ1n) is 7.26. The molecule has 1 aromatic carbocycles. The molecule has 0 unspecified atom stereocenters. The van der Waals surface area contributed by atoms with Crippen molar-refractivity contribution in [1.29, 1.82) is 0 Å². The zero-order valence-electron chi connectivity index (χ0n) is 12.9. The molecule has 1 saturated heterocycles.